The van der Waals surface area contributed by atoms with Crippen molar-refractivity contribution in [2.75, 3.05) is 23.8 Å². The number of carbonyl (C=O) groups is 1. The van der Waals surface area contributed by atoms with Gasteiger partial charge in [-0.3, -0.25) is 4.79 Å². The molecule has 1 amide bonds. The highest BCUT2D eigenvalue weighted by atomic mass is 35.5. The number of aromatic nitrogens is 2. The first-order chi connectivity index (χ1) is 11.6. The van der Waals surface area contributed by atoms with E-state index >= 15 is 0 Å². The lowest BCUT2D eigenvalue weighted by atomic mass is 10.2. The van der Waals surface area contributed by atoms with Gasteiger partial charge in [-0.15, -0.1) is 0 Å². The first-order valence-corrected chi connectivity index (χ1v) is 8.32. The number of hydrogen-bond donors (Lipinski definition) is 2. The van der Waals surface area contributed by atoms with Crippen molar-refractivity contribution in [1.29, 1.82) is 0 Å². The SMILES string of the molecule is O=C(Nc1c(Cl)cccc1Cl)c1cnc(NCC2CCCO2)nc1. The second-order valence-electron chi connectivity index (χ2n) is 5.36. The first-order valence-electron chi connectivity index (χ1n) is 7.56. The number of halogens is 2. The minimum absolute atomic E-state index is 0.193. The number of rotatable bonds is 5. The molecule has 6 nitrogen and oxygen atoms in total. The maximum Gasteiger partial charge on any atom is 0.258 e. The predicted molar refractivity (Wildman–Crippen MR) is 93.9 cm³/mol. The maximum absolute atomic E-state index is 12.2. The molecule has 1 fully saturated rings. The van der Waals surface area contributed by atoms with Gasteiger partial charge >= 0.3 is 0 Å². The van der Waals surface area contributed by atoms with Crippen LogP contribution in [0.5, 0.6) is 0 Å². The van der Waals surface area contributed by atoms with Gasteiger partial charge in [0.25, 0.3) is 5.91 Å². The van der Waals surface area contributed by atoms with E-state index in [1.165, 1.54) is 12.4 Å². The number of benzene rings is 1. The molecule has 2 N–H and O–H groups in total. The number of carbonyl (C=O) groups excluding carboxylic acids is 1. The topological polar surface area (TPSA) is 76.1 Å². The summed E-state index contributed by atoms with van der Waals surface area (Å²) in [6.07, 6.45) is 5.21. The van der Waals surface area contributed by atoms with Crippen LogP contribution in [0.4, 0.5) is 11.6 Å². The Morgan fingerprint density at radius 3 is 2.58 bits per heavy atom. The van der Waals surface area contributed by atoms with Gasteiger partial charge in [-0.05, 0) is 25.0 Å². The molecule has 1 unspecified atom stereocenters. The molecule has 1 aliphatic heterocycles. The van der Waals surface area contributed by atoms with E-state index in [9.17, 15) is 4.79 Å². The number of hydrogen-bond acceptors (Lipinski definition) is 5. The molecule has 1 atom stereocenters. The molecule has 0 saturated carbocycles. The fourth-order valence-electron chi connectivity index (χ4n) is 2.35. The van der Waals surface area contributed by atoms with Crippen molar-refractivity contribution in [3.63, 3.8) is 0 Å². The molecule has 1 aliphatic rings. The third kappa shape index (κ3) is 4.14. The summed E-state index contributed by atoms with van der Waals surface area (Å²) in [5.41, 5.74) is 0.681. The molecule has 2 heterocycles. The molecule has 2 aromatic rings. The molecule has 1 aromatic heterocycles. The average Bonchev–Trinajstić information content (AvgIpc) is 3.10. The van der Waals surface area contributed by atoms with Gasteiger partial charge in [-0.25, -0.2) is 9.97 Å². The quantitative estimate of drug-likeness (QED) is 0.844. The molecular formula is C16H16Cl2N4O2. The van der Waals surface area contributed by atoms with Gasteiger partial charge in [0.1, 0.15) is 0 Å². The number of nitrogens with one attached hydrogen (secondary N) is 2. The van der Waals surface area contributed by atoms with Crippen LogP contribution in [0.25, 0.3) is 0 Å². The highest BCUT2D eigenvalue weighted by Crippen LogP contribution is 2.30. The third-order valence-electron chi connectivity index (χ3n) is 3.63. The molecule has 24 heavy (non-hydrogen) atoms. The van der Waals surface area contributed by atoms with E-state index in [0.717, 1.165) is 19.4 Å². The number of para-hydroxylation sites is 1. The monoisotopic (exact) mass is 366 g/mol. The van der Waals surface area contributed by atoms with Crippen molar-refractivity contribution in [3.8, 4) is 0 Å². The van der Waals surface area contributed by atoms with Gasteiger partial charge in [0.05, 0.1) is 27.4 Å². The Hall–Kier alpha value is -1.89. The van der Waals surface area contributed by atoms with E-state index in [-0.39, 0.29) is 12.0 Å². The molecule has 0 bridgehead atoms. The maximum atomic E-state index is 12.2. The van der Waals surface area contributed by atoms with Gasteiger partial charge in [0.2, 0.25) is 5.95 Å². The summed E-state index contributed by atoms with van der Waals surface area (Å²) in [5, 5.41) is 6.50. The van der Waals surface area contributed by atoms with Crippen molar-refractivity contribution in [2.45, 2.75) is 18.9 Å². The second kappa shape index (κ2) is 7.79. The summed E-state index contributed by atoms with van der Waals surface area (Å²) in [6, 6.07) is 5.01. The molecule has 8 heteroatoms. The van der Waals surface area contributed by atoms with Crippen LogP contribution in [0.2, 0.25) is 10.0 Å². The molecular weight excluding hydrogens is 351 g/mol. The van der Waals surface area contributed by atoms with E-state index in [1.54, 1.807) is 18.2 Å². The summed E-state index contributed by atoms with van der Waals surface area (Å²) >= 11 is 12.1. The Morgan fingerprint density at radius 2 is 1.96 bits per heavy atom. The minimum Gasteiger partial charge on any atom is -0.376 e. The van der Waals surface area contributed by atoms with Crippen LogP contribution >= 0.6 is 23.2 Å². The zero-order valence-corrected chi connectivity index (χ0v) is 14.3. The minimum atomic E-state index is -0.379. The van der Waals surface area contributed by atoms with E-state index in [2.05, 4.69) is 20.6 Å². The number of amides is 1. The third-order valence-corrected chi connectivity index (χ3v) is 4.26. The van der Waals surface area contributed by atoms with Crippen molar-refractivity contribution >= 4 is 40.7 Å². The highest BCUT2D eigenvalue weighted by Gasteiger charge is 2.16. The van der Waals surface area contributed by atoms with E-state index < -0.39 is 0 Å². The molecule has 1 aromatic carbocycles. The van der Waals surface area contributed by atoms with Crippen LogP contribution in [0.3, 0.4) is 0 Å². The summed E-state index contributed by atoms with van der Waals surface area (Å²) in [4.78, 5) is 20.5. The van der Waals surface area contributed by atoms with Crippen LogP contribution in [0.15, 0.2) is 30.6 Å². The van der Waals surface area contributed by atoms with E-state index in [4.69, 9.17) is 27.9 Å². The standard InChI is InChI=1S/C16H16Cl2N4O2/c17-12-4-1-5-13(18)14(12)22-15(23)10-7-19-16(20-8-10)21-9-11-3-2-6-24-11/h1,4-5,7-8,11H,2-3,6,9H2,(H,22,23)(H,19,20,21). The van der Waals surface area contributed by atoms with Crippen molar-refractivity contribution in [2.24, 2.45) is 0 Å². The Labute approximate surface area is 149 Å². The Morgan fingerprint density at radius 1 is 1.25 bits per heavy atom. The summed E-state index contributed by atoms with van der Waals surface area (Å²) in [5.74, 6) is 0.0773. The van der Waals surface area contributed by atoms with Gasteiger partial charge < -0.3 is 15.4 Å². The van der Waals surface area contributed by atoms with Crippen molar-refractivity contribution in [1.82, 2.24) is 9.97 Å². The van der Waals surface area contributed by atoms with Gasteiger partial charge in [-0.1, -0.05) is 29.3 Å². The zero-order valence-electron chi connectivity index (χ0n) is 12.8. The van der Waals surface area contributed by atoms with E-state index in [0.29, 0.717) is 33.8 Å². The average molecular weight is 367 g/mol. The van der Waals surface area contributed by atoms with Crippen LogP contribution in [0.1, 0.15) is 23.2 Å². The zero-order chi connectivity index (χ0) is 16.9. The first kappa shape index (κ1) is 17.0. The van der Waals surface area contributed by atoms with E-state index in [1.807, 2.05) is 0 Å². The fourth-order valence-corrected chi connectivity index (χ4v) is 2.84. The van der Waals surface area contributed by atoms with Crippen LogP contribution < -0.4 is 10.6 Å². The normalized spacial score (nSPS) is 16.8. The molecule has 0 radical (unpaired) electrons. The van der Waals surface area contributed by atoms with Gasteiger partial charge in [0, 0.05) is 25.5 Å². The molecule has 126 valence electrons. The Balaban J connectivity index is 1.61. The Bertz CT molecular complexity index is 698. The summed E-state index contributed by atoms with van der Waals surface area (Å²) in [6.45, 7) is 1.46. The van der Waals surface area contributed by atoms with Gasteiger partial charge in [-0.2, -0.15) is 0 Å². The van der Waals surface area contributed by atoms with Crippen molar-refractivity contribution < 1.29 is 9.53 Å². The van der Waals surface area contributed by atoms with Crippen LogP contribution in [0, 0.1) is 0 Å². The van der Waals surface area contributed by atoms with Crippen molar-refractivity contribution in [3.05, 3.63) is 46.2 Å². The molecule has 1 saturated heterocycles. The lowest BCUT2D eigenvalue weighted by Gasteiger charge is -2.11. The lowest BCUT2D eigenvalue weighted by molar-refractivity contribution is 0.102. The lowest BCUT2D eigenvalue weighted by Crippen LogP contribution is -2.20. The van der Waals surface area contributed by atoms with Crippen LogP contribution in [-0.4, -0.2) is 35.1 Å². The smallest absolute Gasteiger partial charge is 0.258 e. The largest absolute Gasteiger partial charge is 0.376 e. The Kier molecular flexibility index (Phi) is 5.50. The van der Waals surface area contributed by atoms with Gasteiger partial charge in [0.15, 0.2) is 0 Å². The molecule has 0 aliphatic carbocycles. The number of ether oxygens (including phenoxy) is 1. The number of nitrogens with zero attached hydrogens (tertiary/aromatic N) is 2. The fraction of sp³-hybridized carbons (Fsp3) is 0.312. The highest BCUT2D eigenvalue weighted by molar-refractivity contribution is 6.40. The summed E-state index contributed by atoms with van der Waals surface area (Å²) < 4.78 is 5.52. The van der Waals surface area contributed by atoms with Crippen LogP contribution in [-0.2, 0) is 4.74 Å². The molecule has 0 spiro atoms. The summed E-state index contributed by atoms with van der Waals surface area (Å²) in [7, 11) is 0. The number of anilines is 2. The second-order valence-corrected chi connectivity index (χ2v) is 6.18. The predicted octanol–water partition coefficient (Wildman–Crippen LogP) is 3.63. The molecule has 3 rings (SSSR count).